The summed E-state index contributed by atoms with van der Waals surface area (Å²) in [6, 6.07) is 0. The number of carbonyl (C=O) groups excluding carboxylic acids is 5. The molecule has 3 saturated carbocycles. The molecular weight excluding hydrogens is 745 g/mol. The van der Waals surface area contributed by atoms with Gasteiger partial charge in [0.2, 0.25) is 0 Å². The topological polar surface area (TPSA) is 122 Å². The number of ketones is 1. The third kappa shape index (κ3) is 10.3. The molecule has 0 heterocycles. The molecule has 0 aromatic rings. The maximum atomic E-state index is 13.7. The van der Waals surface area contributed by atoms with E-state index in [0.29, 0.717) is 31.5 Å². The fourth-order valence-corrected chi connectivity index (χ4v) is 12.5. The van der Waals surface area contributed by atoms with Gasteiger partial charge in [0.15, 0.2) is 6.10 Å². The zero-order valence-corrected chi connectivity index (χ0v) is 39.9. The van der Waals surface area contributed by atoms with E-state index in [1.165, 1.54) is 11.1 Å². The van der Waals surface area contributed by atoms with Gasteiger partial charge in [-0.25, -0.2) is 0 Å². The molecule has 9 nitrogen and oxygen atoms in total. The first-order chi connectivity index (χ1) is 27.1. The van der Waals surface area contributed by atoms with Crippen molar-refractivity contribution < 1.29 is 42.9 Å². The number of carbonyl (C=O) groups is 5. The highest BCUT2D eigenvalue weighted by Gasteiger charge is 2.70. The van der Waals surface area contributed by atoms with Gasteiger partial charge >= 0.3 is 23.9 Å². The van der Waals surface area contributed by atoms with E-state index in [9.17, 15) is 24.0 Å². The van der Waals surface area contributed by atoms with Crippen molar-refractivity contribution in [2.75, 3.05) is 0 Å². The van der Waals surface area contributed by atoms with E-state index in [4.69, 9.17) is 18.9 Å². The first kappa shape index (κ1) is 49.0. The van der Waals surface area contributed by atoms with Crippen molar-refractivity contribution in [2.45, 2.75) is 212 Å². The molecule has 9 heteroatoms. The van der Waals surface area contributed by atoms with Gasteiger partial charge in [-0.05, 0) is 104 Å². The van der Waals surface area contributed by atoms with Gasteiger partial charge in [-0.3, -0.25) is 24.0 Å². The Kier molecular flexibility index (Phi) is 15.2. The Hall–Kier alpha value is -2.71. The summed E-state index contributed by atoms with van der Waals surface area (Å²) in [5.74, 6) is -0.538. The number of fused-ring (bicyclic) bond motifs is 5. The largest absolute Gasteiger partial charge is 0.462 e. The zero-order chi connectivity index (χ0) is 44.6. The van der Waals surface area contributed by atoms with Crippen molar-refractivity contribution in [2.24, 2.45) is 63.1 Å². The number of esters is 4. The SMILES string of the molecule is CC(C)CC(=O)O[C@@H](C[C@@H](C)C1=C2C[C@H](OC(=O)CC(C)C)[C@H]3[C@@]4(C)CCC(=O)C(C)(C)[C@@H]4CC[C@]3(C)[C@@]2(C)CC1)[C@@H](OC(=O)CC(C)C)C(C)(C)OC(=O)CC(C)C. The normalized spacial score (nSPS) is 30.7. The molecule has 0 unspecified atom stereocenters. The summed E-state index contributed by atoms with van der Waals surface area (Å²) in [7, 11) is 0. The minimum Gasteiger partial charge on any atom is -0.462 e. The molecule has 0 aromatic carbocycles. The second-order valence-corrected chi connectivity index (χ2v) is 22.8. The number of allylic oxidation sites excluding steroid dienone is 1. The zero-order valence-electron chi connectivity index (χ0n) is 39.9. The minimum absolute atomic E-state index is 0.0373. The van der Waals surface area contributed by atoms with Gasteiger partial charge in [0.25, 0.3) is 0 Å². The van der Waals surface area contributed by atoms with Gasteiger partial charge < -0.3 is 18.9 Å². The fourth-order valence-electron chi connectivity index (χ4n) is 12.5. The van der Waals surface area contributed by atoms with Gasteiger partial charge in [-0.1, -0.05) is 108 Å². The van der Waals surface area contributed by atoms with Crippen molar-refractivity contribution in [3.8, 4) is 0 Å². The maximum absolute atomic E-state index is 13.7. The van der Waals surface area contributed by atoms with E-state index >= 15 is 0 Å². The second kappa shape index (κ2) is 18.3. The molecule has 0 aromatic heterocycles. The van der Waals surface area contributed by atoms with Crippen LogP contribution in [0.4, 0.5) is 0 Å². The molecule has 59 heavy (non-hydrogen) atoms. The van der Waals surface area contributed by atoms with Crippen LogP contribution in [0.5, 0.6) is 0 Å². The number of rotatable bonds is 17. The lowest BCUT2D eigenvalue weighted by molar-refractivity contribution is -0.218. The molecule has 0 N–H and O–H groups in total. The molecule has 0 saturated heterocycles. The molecule has 3 fully saturated rings. The predicted molar refractivity (Wildman–Crippen MR) is 231 cm³/mol. The van der Waals surface area contributed by atoms with Crippen molar-refractivity contribution in [1.29, 1.82) is 0 Å². The first-order valence-corrected chi connectivity index (χ1v) is 23.1. The summed E-state index contributed by atoms with van der Waals surface area (Å²) in [6.45, 7) is 33.0. The Morgan fingerprint density at radius 1 is 0.695 bits per heavy atom. The standard InChI is InChI=1S/C50H82O9/c1-29(2)23-40(52)56-36-28-35-34(17-21-49(35,15)50(16)22-18-38-46(10,11)39(51)19-20-48(38,14)44(36)50)33(9)27-37(57-41(53)24-30(3)4)45(58-42(54)25-31(5)6)47(12,13)59-43(55)26-32(7)8/h29-33,36-38,44-45H,17-28H2,1-16H3/t33-,36+,37+,38+,44+,45-,48+,49+,50+/m1/s1. The third-order valence-corrected chi connectivity index (χ3v) is 15.3. The summed E-state index contributed by atoms with van der Waals surface area (Å²) in [5.41, 5.74) is 0.321. The number of hydrogen-bond acceptors (Lipinski definition) is 9. The molecule has 336 valence electrons. The average molecular weight is 827 g/mol. The van der Waals surface area contributed by atoms with Gasteiger partial charge in [0, 0.05) is 49.9 Å². The Morgan fingerprint density at radius 3 is 1.78 bits per heavy atom. The van der Waals surface area contributed by atoms with Crippen LogP contribution < -0.4 is 0 Å². The first-order valence-electron chi connectivity index (χ1n) is 23.1. The van der Waals surface area contributed by atoms with Crippen LogP contribution in [0.25, 0.3) is 0 Å². The van der Waals surface area contributed by atoms with Gasteiger partial charge in [0.1, 0.15) is 23.6 Å². The number of Topliss-reactive ketones (excluding diaryl/α,β-unsaturated/α-hetero) is 1. The van der Waals surface area contributed by atoms with Crippen LogP contribution >= 0.6 is 0 Å². The van der Waals surface area contributed by atoms with Crippen LogP contribution in [0.15, 0.2) is 11.1 Å². The van der Waals surface area contributed by atoms with Crippen LogP contribution in [0.3, 0.4) is 0 Å². The third-order valence-electron chi connectivity index (χ3n) is 15.3. The quantitative estimate of drug-likeness (QED) is 0.0801. The van der Waals surface area contributed by atoms with E-state index in [1.807, 2.05) is 55.4 Å². The Morgan fingerprint density at radius 2 is 1.22 bits per heavy atom. The van der Waals surface area contributed by atoms with Crippen LogP contribution in [0, 0.1) is 63.1 Å². The summed E-state index contributed by atoms with van der Waals surface area (Å²) < 4.78 is 25.4. The molecule has 0 radical (unpaired) electrons. The summed E-state index contributed by atoms with van der Waals surface area (Å²) >= 11 is 0. The van der Waals surface area contributed by atoms with Crippen molar-refractivity contribution >= 4 is 29.7 Å². The lowest BCUT2D eigenvalue weighted by Gasteiger charge is -2.69. The second-order valence-electron chi connectivity index (χ2n) is 22.8. The van der Waals surface area contributed by atoms with Crippen molar-refractivity contribution in [1.82, 2.24) is 0 Å². The molecule has 4 rings (SSSR count). The highest BCUT2D eigenvalue weighted by atomic mass is 16.6. The number of hydrogen-bond donors (Lipinski definition) is 0. The van der Waals surface area contributed by atoms with Gasteiger partial charge in [-0.15, -0.1) is 0 Å². The molecule has 4 aliphatic carbocycles. The molecule has 9 atom stereocenters. The Balaban J connectivity index is 1.82. The monoisotopic (exact) mass is 827 g/mol. The fraction of sp³-hybridized carbons (Fsp3) is 0.860. The van der Waals surface area contributed by atoms with Crippen LogP contribution in [0.2, 0.25) is 0 Å². The molecular formula is C50H82O9. The Labute approximate surface area is 357 Å². The maximum Gasteiger partial charge on any atom is 0.306 e. The molecule has 4 aliphatic rings. The summed E-state index contributed by atoms with van der Waals surface area (Å²) in [4.78, 5) is 67.4. The lowest BCUT2D eigenvalue weighted by Crippen LogP contribution is -2.66. The van der Waals surface area contributed by atoms with E-state index in [2.05, 4.69) is 41.5 Å². The highest BCUT2D eigenvalue weighted by Crippen LogP contribution is 2.74. The van der Waals surface area contributed by atoms with E-state index in [1.54, 1.807) is 13.8 Å². The average Bonchev–Trinajstić information content (AvgIpc) is 3.41. The van der Waals surface area contributed by atoms with Gasteiger partial charge in [-0.2, -0.15) is 0 Å². The van der Waals surface area contributed by atoms with E-state index in [0.717, 1.165) is 32.1 Å². The van der Waals surface area contributed by atoms with Crippen molar-refractivity contribution in [3.05, 3.63) is 11.1 Å². The lowest BCUT2D eigenvalue weighted by atomic mass is 9.36. The predicted octanol–water partition coefficient (Wildman–Crippen LogP) is 11.2. The van der Waals surface area contributed by atoms with Crippen LogP contribution in [-0.2, 0) is 42.9 Å². The minimum atomic E-state index is -1.30. The highest BCUT2D eigenvalue weighted by molar-refractivity contribution is 5.85. The van der Waals surface area contributed by atoms with Crippen LogP contribution in [-0.4, -0.2) is 53.6 Å². The summed E-state index contributed by atoms with van der Waals surface area (Å²) in [6.07, 6.45) is 4.66. The molecule has 0 bridgehead atoms. The summed E-state index contributed by atoms with van der Waals surface area (Å²) in [5, 5.41) is 0. The van der Waals surface area contributed by atoms with E-state index < -0.39 is 35.2 Å². The van der Waals surface area contributed by atoms with E-state index in [-0.39, 0.29) is 95.0 Å². The van der Waals surface area contributed by atoms with Crippen LogP contribution in [0.1, 0.15) is 188 Å². The smallest absolute Gasteiger partial charge is 0.306 e. The molecule has 0 spiro atoms. The molecule has 0 aliphatic heterocycles. The molecule has 0 amide bonds. The Bertz CT molecular complexity index is 1600. The number of ether oxygens (including phenoxy) is 4. The van der Waals surface area contributed by atoms with Crippen molar-refractivity contribution in [3.63, 3.8) is 0 Å². The van der Waals surface area contributed by atoms with Gasteiger partial charge in [0.05, 0.1) is 0 Å².